The van der Waals surface area contributed by atoms with Crippen LogP contribution < -0.4 is 0 Å². The molecule has 156 valence electrons. The highest BCUT2D eigenvalue weighted by Crippen LogP contribution is 2.21. The van der Waals surface area contributed by atoms with Gasteiger partial charge in [0.1, 0.15) is 0 Å². The van der Waals surface area contributed by atoms with Crippen molar-refractivity contribution in [2.75, 3.05) is 0 Å². The highest BCUT2D eigenvalue weighted by atomic mass is 16.6. The number of hydrogen-bond donors (Lipinski definition) is 0. The van der Waals surface area contributed by atoms with Crippen molar-refractivity contribution < 1.29 is 9.72 Å². The first-order valence-corrected chi connectivity index (χ1v) is 10.1. The predicted octanol–water partition coefficient (Wildman–Crippen LogP) is 5.13. The summed E-state index contributed by atoms with van der Waals surface area (Å²) in [6, 6.07) is 20.1. The molecule has 1 amide bonds. The number of nitrogens with zero attached hydrogens (tertiary/aromatic N) is 3. The van der Waals surface area contributed by atoms with Crippen molar-refractivity contribution >= 4 is 11.6 Å². The molecule has 0 aliphatic carbocycles. The third-order valence-corrected chi connectivity index (χ3v) is 5.47. The molecular formula is C24H27N3O3. The van der Waals surface area contributed by atoms with Crippen LogP contribution in [-0.4, -0.2) is 26.3 Å². The Morgan fingerprint density at radius 1 is 1.03 bits per heavy atom. The molecule has 6 heteroatoms. The molecule has 3 rings (SSSR count). The quantitative estimate of drug-likeness (QED) is 0.385. The number of nitro groups is 1. The van der Waals surface area contributed by atoms with Crippen LogP contribution in [0, 0.1) is 16.0 Å². The molecule has 30 heavy (non-hydrogen) atoms. The SMILES string of the molecule is CC(C)[C@H](C)N(Cc1cccn1Cc1ccccc1)C(=O)c1cccc([N+](=O)[O-])c1. The fourth-order valence-electron chi connectivity index (χ4n) is 3.38. The first kappa shape index (κ1) is 21.3. The molecule has 0 fully saturated rings. The first-order valence-electron chi connectivity index (χ1n) is 10.1. The Kier molecular flexibility index (Phi) is 6.67. The summed E-state index contributed by atoms with van der Waals surface area (Å²) in [6.45, 7) is 7.31. The molecule has 0 aliphatic heterocycles. The van der Waals surface area contributed by atoms with E-state index in [2.05, 4.69) is 30.5 Å². The molecular weight excluding hydrogens is 378 g/mol. The Hall–Kier alpha value is -3.41. The fraction of sp³-hybridized carbons (Fsp3) is 0.292. The molecule has 0 saturated carbocycles. The second-order valence-electron chi connectivity index (χ2n) is 7.84. The van der Waals surface area contributed by atoms with Gasteiger partial charge in [-0.15, -0.1) is 0 Å². The molecule has 3 aromatic rings. The van der Waals surface area contributed by atoms with E-state index in [1.165, 1.54) is 17.7 Å². The zero-order chi connectivity index (χ0) is 21.7. The van der Waals surface area contributed by atoms with Crippen LogP contribution in [0.15, 0.2) is 72.9 Å². The molecule has 0 radical (unpaired) electrons. The highest BCUT2D eigenvalue weighted by molar-refractivity contribution is 5.95. The summed E-state index contributed by atoms with van der Waals surface area (Å²) in [7, 11) is 0. The molecule has 0 aliphatic rings. The Bertz CT molecular complexity index is 1010. The predicted molar refractivity (Wildman–Crippen MR) is 117 cm³/mol. The number of hydrogen-bond acceptors (Lipinski definition) is 3. The van der Waals surface area contributed by atoms with Crippen LogP contribution in [-0.2, 0) is 13.1 Å². The second-order valence-corrected chi connectivity index (χ2v) is 7.84. The molecule has 1 heterocycles. The van der Waals surface area contributed by atoms with Gasteiger partial charge in [-0.2, -0.15) is 0 Å². The summed E-state index contributed by atoms with van der Waals surface area (Å²) in [6.07, 6.45) is 2.01. The maximum Gasteiger partial charge on any atom is 0.270 e. The van der Waals surface area contributed by atoms with E-state index in [0.29, 0.717) is 12.1 Å². The van der Waals surface area contributed by atoms with Crippen LogP contribution >= 0.6 is 0 Å². The molecule has 0 spiro atoms. The lowest BCUT2D eigenvalue weighted by Gasteiger charge is -2.32. The van der Waals surface area contributed by atoms with Crippen molar-refractivity contribution in [2.24, 2.45) is 5.92 Å². The lowest BCUT2D eigenvalue weighted by Crippen LogP contribution is -2.41. The van der Waals surface area contributed by atoms with Gasteiger partial charge in [-0.3, -0.25) is 14.9 Å². The molecule has 1 aromatic heterocycles. The van der Waals surface area contributed by atoms with Gasteiger partial charge in [0.15, 0.2) is 0 Å². The van der Waals surface area contributed by atoms with E-state index >= 15 is 0 Å². The molecule has 6 nitrogen and oxygen atoms in total. The summed E-state index contributed by atoms with van der Waals surface area (Å²) in [5, 5.41) is 11.1. The number of aromatic nitrogens is 1. The van der Waals surface area contributed by atoms with Crippen LogP contribution in [0.5, 0.6) is 0 Å². The minimum Gasteiger partial charge on any atom is -0.345 e. The van der Waals surface area contributed by atoms with Crippen LogP contribution in [0.3, 0.4) is 0 Å². The Morgan fingerprint density at radius 3 is 2.43 bits per heavy atom. The summed E-state index contributed by atoms with van der Waals surface area (Å²) in [5.41, 5.74) is 2.46. The van der Waals surface area contributed by atoms with Crippen LogP contribution in [0.2, 0.25) is 0 Å². The number of nitro benzene ring substituents is 1. The van der Waals surface area contributed by atoms with Crippen molar-refractivity contribution in [3.05, 3.63) is 99.9 Å². The summed E-state index contributed by atoms with van der Waals surface area (Å²) in [4.78, 5) is 25.8. The minimum absolute atomic E-state index is 0.0307. The van der Waals surface area contributed by atoms with Crippen molar-refractivity contribution in [1.82, 2.24) is 9.47 Å². The van der Waals surface area contributed by atoms with Gasteiger partial charge in [-0.1, -0.05) is 50.2 Å². The number of carbonyl (C=O) groups excluding carboxylic acids is 1. The molecule has 1 atom stereocenters. The Balaban J connectivity index is 1.89. The van der Waals surface area contributed by atoms with E-state index in [9.17, 15) is 14.9 Å². The third kappa shape index (κ3) is 4.95. The zero-order valence-electron chi connectivity index (χ0n) is 17.6. The smallest absolute Gasteiger partial charge is 0.270 e. The molecule has 0 unspecified atom stereocenters. The van der Waals surface area contributed by atoms with E-state index in [4.69, 9.17) is 0 Å². The summed E-state index contributed by atoms with van der Waals surface area (Å²) in [5.74, 6) is 0.0394. The molecule has 0 N–H and O–H groups in total. The van der Waals surface area contributed by atoms with Gasteiger partial charge in [0.2, 0.25) is 0 Å². The topological polar surface area (TPSA) is 68.4 Å². The minimum atomic E-state index is -0.474. The number of amides is 1. The van der Waals surface area contributed by atoms with E-state index in [0.717, 1.165) is 12.2 Å². The first-order chi connectivity index (χ1) is 14.4. The molecule has 2 aromatic carbocycles. The summed E-state index contributed by atoms with van der Waals surface area (Å²) < 4.78 is 2.14. The average Bonchev–Trinajstić information content (AvgIpc) is 3.18. The van der Waals surface area contributed by atoms with Gasteiger partial charge in [-0.05, 0) is 36.6 Å². The van der Waals surface area contributed by atoms with Gasteiger partial charge in [0.05, 0.1) is 11.5 Å². The lowest BCUT2D eigenvalue weighted by atomic mass is 10.0. The van der Waals surface area contributed by atoms with Crippen molar-refractivity contribution in [3.8, 4) is 0 Å². The van der Waals surface area contributed by atoms with Crippen LogP contribution in [0.25, 0.3) is 0 Å². The largest absolute Gasteiger partial charge is 0.345 e. The Labute approximate surface area is 176 Å². The third-order valence-electron chi connectivity index (χ3n) is 5.47. The normalized spacial score (nSPS) is 12.0. The van der Waals surface area contributed by atoms with Gasteiger partial charge in [0, 0.05) is 42.2 Å². The van der Waals surface area contributed by atoms with Gasteiger partial charge in [0.25, 0.3) is 11.6 Å². The fourth-order valence-corrected chi connectivity index (χ4v) is 3.38. The standard InChI is InChI=1S/C24H27N3O3/c1-18(2)19(3)26(24(28)21-11-7-12-22(15-21)27(29)30)17-23-13-8-14-25(23)16-20-9-5-4-6-10-20/h4-15,18-19H,16-17H2,1-3H3/t19-/m0/s1. The lowest BCUT2D eigenvalue weighted by molar-refractivity contribution is -0.384. The average molecular weight is 405 g/mol. The Morgan fingerprint density at radius 2 is 1.77 bits per heavy atom. The molecule has 0 saturated heterocycles. The van der Waals surface area contributed by atoms with E-state index < -0.39 is 4.92 Å². The van der Waals surface area contributed by atoms with E-state index in [1.807, 2.05) is 43.5 Å². The van der Waals surface area contributed by atoms with Gasteiger partial charge < -0.3 is 9.47 Å². The van der Waals surface area contributed by atoms with Crippen molar-refractivity contribution in [1.29, 1.82) is 0 Å². The van der Waals surface area contributed by atoms with E-state index in [1.54, 1.807) is 17.0 Å². The van der Waals surface area contributed by atoms with Crippen molar-refractivity contribution in [2.45, 2.75) is 39.9 Å². The van der Waals surface area contributed by atoms with Gasteiger partial charge in [-0.25, -0.2) is 0 Å². The highest BCUT2D eigenvalue weighted by Gasteiger charge is 2.26. The van der Waals surface area contributed by atoms with E-state index in [-0.39, 0.29) is 23.6 Å². The number of carbonyl (C=O) groups is 1. The summed E-state index contributed by atoms with van der Waals surface area (Å²) >= 11 is 0. The van der Waals surface area contributed by atoms with Gasteiger partial charge >= 0.3 is 0 Å². The zero-order valence-corrected chi connectivity index (χ0v) is 17.6. The maximum atomic E-state index is 13.4. The number of benzene rings is 2. The number of rotatable bonds is 8. The second kappa shape index (κ2) is 9.39. The molecule has 0 bridgehead atoms. The maximum absolute atomic E-state index is 13.4. The monoisotopic (exact) mass is 405 g/mol. The van der Waals surface area contributed by atoms with Crippen LogP contribution in [0.4, 0.5) is 5.69 Å². The van der Waals surface area contributed by atoms with Crippen molar-refractivity contribution in [3.63, 3.8) is 0 Å². The number of non-ortho nitro benzene ring substituents is 1. The van der Waals surface area contributed by atoms with Crippen LogP contribution in [0.1, 0.15) is 42.4 Å².